The summed E-state index contributed by atoms with van der Waals surface area (Å²) in [5.74, 6) is -3.54. The number of hydrogen-bond acceptors (Lipinski definition) is 4. The molecule has 0 aromatic heterocycles. The number of rotatable bonds is 4. The third-order valence-corrected chi connectivity index (χ3v) is 7.36. The molecule has 4 amide bonds. The second-order valence-corrected chi connectivity index (χ2v) is 9.08. The van der Waals surface area contributed by atoms with E-state index in [1.165, 1.54) is 4.90 Å². The number of benzene rings is 2. The third kappa shape index (κ3) is 2.73. The molecule has 0 aliphatic carbocycles. The van der Waals surface area contributed by atoms with Gasteiger partial charge in [0.05, 0.1) is 18.7 Å². The number of nitrogens with one attached hydrogen (secondary N) is 1. The first-order chi connectivity index (χ1) is 15.3. The van der Waals surface area contributed by atoms with Gasteiger partial charge in [0.15, 0.2) is 0 Å². The summed E-state index contributed by atoms with van der Waals surface area (Å²) < 4.78 is 0. The second-order valence-electron chi connectivity index (χ2n) is 8.67. The molecule has 2 fully saturated rings. The predicted octanol–water partition coefficient (Wildman–Crippen LogP) is 0.418. The highest BCUT2D eigenvalue weighted by molar-refractivity contribution is 6.32. The van der Waals surface area contributed by atoms with Gasteiger partial charge < -0.3 is 16.4 Å². The monoisotopic (exact) mass is 453 g/mol. The van der Waals surface area contributed by atoms with E-state index in [1.807, 2.05) is 30.3 Å². The van der Waals surface area contributed by atoms with Crippen molar-refractivity contribution in [3.63, 3.8) is 0 Å². The van der Waals surface area contributed by atoms with Crippen LogP contribution in [0.3, 0.4) is 0 Å². The molecule has 3 heterocycles. The summed E-state index contributed by atoms with van der Waals surface area (Å²) in [5, 5.41) is 5.05. The van der Waals surface area contributed by atoms with E-state index < -0.39 is 35.2 Å². The van der Waals surface area contributed by atoms with Crippen LogP contribution < -0.4 is 16.4 Å². The van der Waals surface area contributed by atoms with Gasteiger partial charge in [0, 0.05) is 10.6 Å². The molecule has 0 saturated carbocycles. The first kappa shape index (κ1) is 20.7. The fraction of sp³-hybridized carbons (Fsp3) is 0.304. The van der Waals surface area contributed by atoms with Crippen LogP contribution in [-0.4, -0.2) is 34.6 Å². The minimum absolute atomic E-state index is 0.110. The average Bonchev–Trinajstić information content (AvgIpc) is 3.32. The third-order valence-electron chi connectivity index (χ3n) is 6.95. The maximum atomic E-state index is 13.7. The lowest BCUT2D eigenvalue weighted by Gasteiger charge is -2.26. The topological polar surface area (TPSA) is 126 Å². The number of hydrogen-bond donors (Lipinski definition) is 3. The summed E-state index contributed by atoms with van der Waals surface area (Å²) in [7, 11) is 0. The Labute approximate surface area is 189 Å². The van der Waals surface area contributed by atoms with Gasteiger partial charge in [-0.1, -0.05) is 41.9 Å². The van der Waals surface area contributed by atoms with Crippen LogP contribution in [0.2, 0.25) is 5.02 Å². The van der Waals surface area contributed by atoms with Crippen molar-refractivity contribution in [2.75, 3.05) is 5.32 Å². The lowest BCUT2D eigenvalue weighted by Crippen LogP contribution is -2.99. The largest absolute Gasteiger partial charge is 0.369 e. The smallest absolute Gasteiger partial charge is 0.291 e. The van der Waals surface area contributed by atoms with Gasteiger partial charge in [-0.2, -0.15) is 0 Å². The number of primary amides is 1. The Balaban J connectivity index is 1.63. The summed E-state index contributed by atoms with van der Waals surface area (Å²) in [4.78, 5) is 53.6. The highest BCUT2D eigenvalue weighted by Gasteiger charge is 2.74. The van der Waals surface area contributed by atoms with Crippen molar-refractivity contribution in [3.05, 3.63) is 64.2 Å². The van der Waals surface area contributed by atoms with E-state index in [2.05, 4.69) is 5.32 Å². The van der Waals surface area contributed by atoms with E-state index in [0.717, 1.165) is 5.56 Å². The van der Waals surface area contributed by atoms with Gasteiger partial charge in [0.2, 0.25) is 23.3 Å². The number of imide groups is 1. The second kappa shape index (κ2) is 7.15. The SMILES string of the molecule is Cc1c(Cl)ccc2c1NC(=O)[C@@]21[NH2+][C@H](CC(N)=O)[C@H]2C(=O)N(Cc3ccccc3)C(=O)[C@H]21. The van der Waals surface area contributed by atoms with E-state index in [4.69, 9.17) is 17.3 Å². The molecule has 5 rings (SSSR count). The van der Waals surface area contributed by atoms with Crippen molar-refractivity contribution < 1.29 is 24.5 Å². The normalized spacial score (nSPS) is 28.2. The fourth-order valence-corrected chi connectivity index (χ4v) is 5.71. The van der Waals surface area contributed by atoms with E-state index in [-0.39, 0.29) is 24.8 Å². The van der Waals surface area contributed by atoms with Crippen molar-refractivity contribution in [2.24, 2.45) is 17.6 Å². The van der Waals surface area contributed by atoms with Crippen LogP contribution in [-0.2, 0) is 31.3 Å². The molecule has 0 radical (unpaired) electrons. The Morgan fingerprint density at radius 2 is 1.88 bits per heavy atom. The molecule has 2 aromatic rings. The molecule has 0 bridgehead atoms. The standard InChI is InChI=1S/C23H21ClN4O4/c1-11-14(24)8-7-13-19(11)26-22(32)23(13)18-17(15(27-23)9-16(25)29)20(30)28(21(18)31)10-12-5-3-2-4-6-12/h2-8,15,17-18,27H,9-10H2,1H3,(H2,25,29)(H,26,32)/p+1/t15-,17-,18+,23-/m1/s1. The van der Waals surface area contributed by atoms with Crippen LogP contribution in [0.5, 0.6) is 0 Å². The Hall–Kier alpha value is -3.23. The zero-order valence-electron chi connectivity index (χ0n) is 17.3. The number of amides is 4. The summed E-state index contributed by atoms with van der Waals surface area (Å²) in [6.07, 6.45) is -0.115. The molecule has 164 valence electrons. The Kier molecular flexibility index (Phi) is 4.61. The average molecular weight is 454 g/mol. The van der Waals surface area contributed by atoms with Gasteiger partial charge in [-0.3, -0.25) is 24.1 Å². The summed E-state index contributed by atoms with van der Waals surface area (Å²) in [6.45, 7) is 1.90. The Bertz CT molecular complexity index is 1180. The number of carbonyl (C=O) groups excluding carboxylic acids is 4. The lowest BCUT2D eigenvalue weighted by molar-refractivity contribution is -0.732. The summed E-state index contributed by atoms with van der Waals surface area (Å²) in [6, 6.07) is 12.0. The molecule has 3 aliphatic heterocycles. The van der Waals surface area contributed by atoms with Crippen LogP contribution in [0.15, 0.2) is 42.5 Å². The van der Waals surface area contributed by atoms with Gasteiger partial charge in [-0.05, 0) is 30.2 Å². The van der Waals surface area contributed by atoms with E-state index >= 15 is 0 Å². The minimum atomic E-state index is -1.35. The van der Waals surface area contributed by atoms with E-state index in [9.17, 15) is 19.2 Å². The molecule has 3 aliphatic rings. The maximum Gasteiger partial charge on any atom is 0.291 e. The maximum absolute atomic E-state index is 13.7. The number of carbonyl (C=O) groups is 4. The predicted molar refractivity (Wildman–Crippen MR) is 115 cm³/mol. The van der Waals surface area contributed by atoms with Crippen molar-refractivity contribution in [2.45, 2.75) is 31.5 Å². The summed E-state index contributed by atoms with van der Waals surface area (Å²) >= 11 is 6.26. The first-order valence-electron chi connectivity index (χ1n) is 10.4. The number of halogens is 1. The summed E-state index contributed by atoms with van der Waals surface area (Å²) in [5.41, 5.74) is 6.77. The van der Waals surface area contributed by atoms with Crippen LogP contribution in [0.1, 0.15) is 23.1 Å². The number of fused-ring (bicyclic) bond motifs is 4. The van der Waals surface area contributed by atoms with Gasteiger partial charge >= 0.3 is 0 Å². The van der Waals surface area contributed by atoms with Crippen LogP contribution >= 0.6 is 11.6 Å². The van der Waals surface area contributed by atoms with Gasteiger partial charge in [-0.25, -0.2) is 0 Å². The molecule has 2 aromatic carbocycles. The molecule has 8 nitrogen and oxygen atoms in total. The van der Waals surface area contributed by atoms with Gasteiger partial charge in [0.1, 0.15) is 17.9 Å². The Morgan fingerprint density at radius 1 is 1.16 bits per heavy atom. The molecular weight excluding hydrogens is 432 g/mol. The van der Waals surface area contributed by atoms with Gasteiger partial charge in [0.25, 0.3) is 5.91 Å². The first-order valence-corrected chi connectivity index (χ1v) is 10.8. The van der Waals surface area contributed by atoms with Crippen LogP contribution in [0.25, 0.3) is 0 Å². The zero-order chi connectivity index (χ0) is 22.8. The fourth-order valence-electron chi connectivity index (χ4n) is 5.55. The quantitative estimate of drug-likeness (QED) is 0.580. The molecular formula is C23H22ClN4O4+. The Morgan fingerprint density at radius 3 is 2.56 bits per heavy atom. The molecule has 32 heavy (non-hydrogen) atoms. The molecule has 2 saturated heterocycles. The zero-order valence-corrected chi connectivity index (χ0v) is 18.1. The molecule has 1 spiro atoms. The van der Waals surface area contributed by atoms with Crippen LogP contribution in [0, 0.1) is 18.8 Å². The van der Waals surface area contributed by atoms with E-state index in [0.29, 0.717) is 21.8 Å². The lowest BCUT2D eigenvalue weighted by atomic mass is 9.76. The number of likely N-dealkylation sites (tertiary alicyclic amines) is 1. The number of quaternary nitrogens is 1. The molecule has 5 N–H and O–H groups in total. The van der Waals surface area contributed by atoms with Crippen molar-refractivity contribution in [1.82, 2.24) is 4.90 Å². The van der Waals surface area contributed by atoms with Crippen molar-refractivity contribution in [1.29, 1.82) is 0 Å². The number of anilines is 1. The number of nitrogens with two attached hydrogens (primary N) is 2. The molecule has 4 atom stereocenters. The van der Waals surface area contributed by atoms with Crippen LogP contribution in [0.4, 0.5) is 5.69 Å². The van der Waals surface area contributed by atoms with E-state index in [1.54, 1.807) is 24.4 Å². The highest BCUT2D eigenvalue weighted by Crippen LogP contribution is 2.51. The van der Waals surface area contributed by atoms with Crippen molar-refractivity contribution >= 4 is 40.9 Å². The highest BCUT2D eigenvalue weighted by atomic mass is 35.5. The molecule has 9 heteroatoms. The molecule has 0 unspecified atom stereocenters. The minimum Gasteiger partial charge on any atom is -0.369 e. The van der Waals surface area contributed by atoms with Crippen molar-refractivity contribution in [3.8, 4) is 0 Å². The van der Waals surface area contributed by atoms with Gasteiger partial charge in [-0.15, -0.1) is 0 Å². The number of nitrogens with zero attached hydrogens (tertiary/aromatic N) is 1.